The summed E-state index contributed by atoms with van der Waals surface area (Å²) in [5.41, 5.74) is 4.80. The van der Waals surface area contributed by atoms with E-state index in [9.17, 15) is 0 Å². The molecule has 0 radical (unpaired) electrons. The molecule has 6 nitrogen and oxygen atoms in total. The summed E-state index contributed by atoms with van der Waals surface area (Å²) in [7, 11) is -1.48. The quantitative estimate of drug-likeness (QED) is 0.357. The second-order valence-corrected chi connectivity index (χ2v) is 6.00. The van der Waals surface area contributed by atoms with E-state index in [0.717, 1.165) is 11.4 Å². The van der Waals surface area contributed by atoms with Gasteiger partial charge in [0.1, 0.15) is 0 Å². The first-order valence-corrected chi connectivity index (χ1v) is 10.7. The minimum atomic E-state index is -1.48. The molecule has 4 rings (SSSR count). The fourth-order valence-corrected chi connectivity index (χ4v) is 2.45. The van der Waals surface area contributed by atoms with E-state index in [1.54, 1.807) is 30.7 Å². The molecule has 2 N–H and O–H groups in total. The van der Waals surface area contributed by atoms with E-state index < -0.39 is 7.12 Å². The molecule has 0 unspecified atom stereocenters. The maximum Gasteiger partial charge on any atom is 0.488 e. The van der Waals surface area contributed by atoms with E-state index in [4.69, 9.17) is 10.0 Å². The van der Waals surface area contributed by atoms with Crippen molar-refractivity contribution >= 4 is 28.5 Å². The zero-order chi connectivity index (χ0) is 21.8. The lowest BCUT2D eigenvalue weighted by Crippen LogP contribution is -2.29. The number of halogens is 1. The summed E-state index contributed by atoms with van der Waals surface area (Å²) in [5, 5.41) is 18.0. The highest BCUT2D eigenvalue weighted by atomic mass is 79.9. The topological polar surface area (TPSA) is 92.0 Å². The average molecular weight is 465 g/mol. The van der Waals surface area contributed by atoms with Gasteiger partial charge in [-0.1, -0.05) is 28.1 Å². The summed E-state index contributed by atoms with van der Waals surface area (Å²) in [5.74, 6) is 1.81. The zero-order valence-corrected chi connectivity index (χ0v) is 18.3. The van der Waals surface area contributed by atoms with E-state index in [2.05, 4.69) is 35.9 Å². The smallest absolute Gasteiger partial charge is 0.423 e. The molecule has 0 aliphatic rings. The number of hydrogen-bond acceptors (Lipinski definition) is 6. The van der Waals surface area contributed by atoms with Crippen LogP contribution in [0, 0.1) is 6.92 Å². The molecule has 0 amide bonds. The van der Waals surface area contributed by atoms with Gasteiger partial charge in [-0.15, -0.1) is 0 Å². The molecule has 4 aromatic rings. The molecule has 4 heterocycles. The molecular weight excluding hydrogens is 443 g/mol. The van der Waals surface area contributed by atoms with Crippen LogP contribution in [0.1, 0.15) is 5.56 Å². The Morgan fingerprint density at radius 1 is 0.633 bits per heavy atom. The van der Waals surface area contributed by atoms with Crippen molar-refractivity contribution in [1.82, 2.24) is 19.9 Å². The summed E-state index contributed by atoms with van der Waals surface area (Å²) in [4.78, 5) is 16.7. The van der Waals surface area contributed by atoms with E-state index in [1.165, 1.54) is 11.8 Å². The van der Waals surface area contributed by atoms with Crippen LogP contribution in [0.4, 0.5) is 0 Å². The van der Waals surface area contributed by atoms with Gasteiger partial charge in [0, 0.05) is 24.8 Å². The number of rotatable bonds is 3. The van der Waals surface area contributed by atoms with Crippen molar-refractivity contribution in [2.45, 2.75) is 6.92 Å². The van der Waals surface area contributed by atoms with Crippen LogP contribution in [-0.4, -0.2) is 42.9 Å². The molecule has 30 heavy (non-hydrogen) atoms. The Morgan fingerprint density at radius 3 is 1.60 bits per heavy atom. The lowest BCUT2D eigenvalue weighted by molar-refractivity contribution is 0.425. The van der Waals surface area contributed by atoms with Gasteiger partial charge >= 0.3 is 7.12 Å². The minimum Gasteiger partial charge on any atom is -0.423 e. The van der Waals surface area contributed by atoms with Crippen molar-refractivity contribution in [2.24, 2.45) is 0 Å². The standard InChI is InChI=1S/C11H10N2.C10H9BN2O2.CH3Br/c1-9-5-7-13-11(8-9)10-4-2-3-6-12-10;14-11(15)8-4-6-13-10(7-8)9-3-1-2-5-12-9;1-2/h2-8H,1H3;1-7,14-15H;1H3. The number of nitrogens with zero attached hydrogens (tertiary/aromatic N) is 4. The van der Waals surface area contributed by atoms with Crippen LogP contribution in [0.25, 0.3) is 22.8 Å². The zero-order valence-electron chi connectivity index (χ0n) is 16.7. The number of aryl methyl sites for hydroxylation is 1. The van der Waals surface area contributed by atoms with Crippen LogP contribution in [0.2, 0.25) is 0 Å². The maximum absolute atomic E-state index is 9.00. The van der Waals surface area contributed by atoms with Crippen LogP contribution in [0.5, 0.6) is 0 Å². The molecule has 0 bridgehead atoms. The monoisotopic (exact) mass is 464 g/mol. The van der Waals surface area contributed by atoms with Gasteiger partial charge in [0.15, 0.2) is 0 Å². The highest BCUT2D eigenvalue weighted by molar-refractivity contribution is 9.08. The van der Waals surface area contributed by atoms with Crippen LogP contribution in [0.3, 0.4) is 0 Å². The lowest BCUT2D eigenvalue weighted by atomic mass is 9.80. The SMILES string of the molecule is CBr.Cc1ccnc(-c2ccccn2)c1.OB(O)c1ccnc(-c2ccccn2)c1. The van der Waals surface area contributed by atoms with Crippen LogP contribution < -0.4 is 5.46 Å². The Balaban J connectivity index is 0.000000199. The van der Waals surface area contributed by atoms with Gasteiger partial charge in [-0.05, 0) is 72.3 Å². The molecule has 0 saturated heterocycles. The van der Waals surface area contributed by atoms with Gasteiger partial charge in [-0.3, -0.25) is 19.9 Å². The van der Waals surface area contributed by atoms with Crippen molar-refractivity contribution < 1.29 is 10.0 Å². The molecule has 8 heteroatoms. The molecule has 152 valence electrons. The number of alkyl halides is 1. The van der Waals surface area contributed by atoms with Gasteiger partial charge in [0.2, 0.25) is 0 Å². The number of pyridine rings is 4. The Kier molecular flexibility index (Phi) is 9.80. The van der Waals surface area contributed by atoms with Crippen LogP contribution in [0.15, 0.2) is 85.5 Å². The fourth-order valence-electron chi connectivity index (χ4n) is 2.45. The Morgan fingerprint density at radius 2 is 1.13 bits per heavy atom. The summed E-state index contributed by atoms with van der Waals surface area (Å²) in [6.07, 6.45) is 6.77. The van der Waals surface area contributed by atoms with Gasteiger partial charge in [-0.25, -0.2) is 0 Å². The Bertz CT molecular complexity index is 1020. The van der Waals surface area contributed by atoms with Crippen LogP contribution in [-0.2, 0) is 0 Å². The molecule has 4 aromatic heterocycles. The first-order chi connectivity index (χ1) is 14.6. The van der Waals surface area contributed by atoms with Crippen molar-refractivity contribution in [3.63, 3.8) is 0 Å². The summed E-state index contributed by atoms with van der Waals surface area (Å²) in [6, 6.07) is 18.5. The van der Waals surface area contributed by atoms with Gasteiger partial charge in [0.05, 0.1) is 22.8 Å². The molecule has 0 atom stereocenters. The van der Waals surface area contributed by atoms with Crippen molar-refractivity contribution in [2.75, 3.05) is 5.83 Å². The van der Waals surface area contributed by atoms with Gasteiger partial charge < -0.3 is 10.0 Å². The van der Waals surface area contributed by atoms with Crippen molar-refractivity contribution in [3.05, 3.63) is 91.0 Å². The lowest BCUT2D eigenvalue weighted by Gasteiger charge is -2.02. The second kappa shape index (κ2) is 12.6. The third-order valence-corrected chi connectivity index (χ3v) is 3.85. The average Bonchev–Trinajstić information content (AvgIpc) is 2.82. The van der Waals surface area contributed by atoms with Gasteiger partial charge in [0.25, 0.3) is 0 Å². The Labute approximate surface area is 185 Å². The molecule has 0 spiro atoms. The summed E-state index contributed by atoms with van der Waals surface area (Å²) >= 11 is 2.94. The molecule has 0 aliphatic carbocycles. The van der Waals surface area contributed by atoms with Gasteiger partial charge in [-0.2, -0.15) is 0 Å². The highest BCUT2D eigenvalue weighted by Gasteiger charge is 2.12. The largest absolute Gasteiger partial charge is 0.488 e. The first kappa shape index (κ1) is 23.3. The summed E-state index contributed by atoms with van der Waals surface area (Å²) < 4.78 is 0. The fraction of sp³-hybridized carbons (Fsp3) is 0.0909. The Hall–Kier alpha value is -2.94. The molecule has 0 aliphatic heterocycles. The van der Waals surface area contributed by atoms with E-state index in [1.807, 2.05) is 61.3 Å². The van der Waals surface area contributed by atoms with Crippen molar-refractivity contribution in [3.8, 4) is 22.8 Å². The van der Waals surface area contributed by atoms with Crippen molar-refractivity contribution in [1.29, 1.82) is 0 Å². The highest BCUT2D eigenvalue weighted by Crippen LogP contribution is 2.13. The number of hydrogen-bond donors (Lipinski definition) is 2. The predicted molar refractivity (Wildman–Crippen MR) is 124 cm³/mol. The van der Waals surface area contributed by atoms with E-state index in [0.29, 0.717) is 16.9 Å². The molecule has 0 fully saturated rings. The van der Waals surface area contributed by atoms with E-state index >= 15 is 0 Å². The van der Waals surface area contributed by atoms with E-state index in [-0.39, 0.29) is 0 Å². The molecular formula is C22H22BBrN4O2. The third-order valence-electron chi connectivity index (χ3n) is 3.85. The van der Waals surface area contributed by atoms with Crippen LogP contribution >= 0.6 is 15.9 Å². The second-order valence-electron chi connectivity index (χ2n) is 6.00. The first-order valence-electron chi connectivity index (χ1n) is 9.09. The molecule has 0 aromatic carbocycles. The number of aromatic nitrogens is 4. The molecule has 0 saturated carbocycles. The minimum absolute atomic E-state index is 0.408. The maximum atomic E-state index is 9.00. The third kappa shape index (κ3) is 7.15. The normalized spacial score (nSPS) is 9.50. The summed E-state index contributed by atoms with van der Waals surface area (Å²) in [6.45, 7) is 2.05. The predicted octanol–water partition coefficient (Wildman–Crippen LogP) is 3.29.